The summed E-state index contributed by atoms with van der Waals surface area (Å²) in [5.74, 6) is -0.507. The normalized spacial score (nSPS) is 10.3. The van der Waals surface area contributed by atoms with Crippen molar-refractivity contribution in [1.82, 2.24) is 0 Å². The molecule has 88 valence electrons. The highest BCUT2D eigenvalue weighted by molar-refractivity contribution is 9.10. The number of carbonyl (C=O) groups excluding carboxylic acids is 1. The lowest BCUT2D eigenvalue weighted by Crippen LogP contribution is -2.11. The van der Waals surface area contributed by atoms with Crippen LogP contribution in [0.3, 0.4) is 0 Å². The lowest BCUT2D eigenvalue weighted by molar-refractivity contribution is 0.0995. The zero-order chi connectivity index (χ0) is 12.4. The number of rotatable bonds is 2. The summed E-state index contributed by atoms with van der Waals surface area (Å²) < 4.78 is 18.5. The molecule has 0 bridgehead atoms. The SMILES string of the molecule is Cc1cc(F)ccc1NC(=O)c1ccc(Br)o1. The molecule has 3 nitrogen and oxygen atoms in total. The molecule has 0 saturated carbocycles. The van der Waals surface area contributed by atoms with Gasteiger partial charge in [-0.2, -0.15) is 0 Å². The summed E-state index contributed by atoms with van der Waals surface area (Å²) in [5, 5.41) is 2.65. The summed E-state index contributed by atoms with van der Waals surface area (Å²) in [6.45, 7) is 1.72. The molecule has 0 fully saturated rings. The Morgan fingerprint density at radius 1 is 1.35 bits per heavy atom. The summed E-state index contributed by atoms with van der Waals surface area (Å²) in [6, 6.07) is 7.35. The number of halogens is 2. The minimum atomic E-state index is -0.370. The van der Waals surface area contributed by atoms with Gasteiger partial charge >= 0.3 is 0 Å². The fraction of sp³-hybridized carbons (Fsp3) is 0.0833. The van der Waals surface area contributed by atoms with E-state index < -0.39 is 0 Å². The Kier molecular flexibility index (Phi) is 3.28. The highest BCUT2D eigenvalue weighted by atomic mass is 79.9. The maximum absolute atomic E-state index is 12.9. The van der Waals surface area contributed by atoms with E-state index in [4.69, 9.17) is 4.42 Å². The molecule has 1 aromatic heterocycles. The predicted molar refractivity (Wildman–Crippen MR) is 65.5 cm³/mol. The molecule has 0 saturated heterocycles. The van der Waals surface area contributed by atoms with E-state index in [0.717, 1.165) is 0 Å². The second-order valence-electron chi connectivity index (χ2n) is 3.52. The zero-order valence-electron chi connectivity index (χ0n) is 8.96. The number of aryl methyl sites for hydroxylation is 1. The number of carbonyl (C=O) groups is 1. The zero-order valence-corrected chi connectivity index (χ0v) is 10.5. The van der Waals surface area contributed by atoms with Crippen molar-refractivity contribution in [1.29, 1.82) is 0 Å². The second-order valence-corrected chi connectivity index (χ2v) is 4.30. The number of amides is 1. The molecule has 0 aliphatic carbocycles. The van der Waals surface area contributed by atoms with Gasteiger partial charge in [0.25, 0.3) is 5.91 Å². The molecular weight excluding hydrogens is 289 g/mol. The topological polar surface area (TPSA) is 42.2 Å². The van der Waals surface area contributed by atoms with Crippen LogP contribution >= 0.6 is 15.9 Å². The molecule has 1 amide bonds. The molecule has 2 rings (SSSR count). The molecule has 5 heteroatoms. The van der Waals surface area contributed by atoms with E-state index in [-0.39, 0.29) is 17.5 Å². The van der Waals surface area contributed by atoms with Gasteiger partial charge in [-0.05, 0) is 58.7 Å². The molecule has 0 spiro atoms. The summed E-state index contributed by atoms with van der Waals surface area (Å²) >= 11 is 3.11. The van der Waals surface area contributed by atoms with E-state index in [1.807, 2.05) is 0 Å². The van der Waals surface area contributed by atoms with Crippen LogP contribution in [0.1, 0.15) is 16.1 Å². The fourth-order valence-corrected chi connectivity index (χ4v) is 1.69. The number of benzene rings is 1. The van der Waals surface area contributed by atoms with Gasteiger partial charge < -0.3 is 9.73 Å². The largest absolute Gasteiger partial charge is 0.444 e. The van der Waals surface area contributed by atoms with Gasteiger partial charge in [0.1, 0.15) is 5.82 Å². The van der Waals surface area contributed by atoms with Crippen LogP contribution in [0.15, 0.2) is 39.4 Å². The van der Waals surface area contributed by atoms with Crippen molar-refractivity contribution < 1.29 is 13.6 Å². The van der Waals surface area contributed by atoms with E-state index >= 15 is 0 Å². The van der Waals surface area contributed by atoms with Gasteiger partial charge in [-0.15, -0.1) is 0 Å². The van der Waals surface area contributed by atoms with Gasteiger partial charge in [-0.25, -0.2) is 4.39 Å². The maximum Gasteiger partial charge on any atom is 0.291 e. The summed E-state index contributed by atoms with van der Waals surface area (Å²) in [5.41, 5.74) is 1.22. The van der Waals surface area contributed by atoms with Crippen molar-refractivity contribution in [2.45, 2.75) is 6.92 Å². The Hall–Kier alpha value is -1.62. The third kappa shape index (κ3) is 2.74. The van der Waals surface area contributed by atoms with Crippen LogP contribution < -0.4 is 5.32 Å². The van der Waals surface area contributed by atoms with E-state index in [1.54, 1.807) is 19.1 Å². The van der Waals surface area contributed by atoms with Gasteiger partial charge in [0, 0.05) is 5.69 Å². The minimum absolute atomic E-state index is 0.195. The first-order valence-electron chi connectivity index (χ1n) is 4.89. The highest BCUT2D eigenvalue weighted by Crippen LogP contribution is 2.19. The maximum atomic E-state index is 12.9. The van der Waals surface area contributed by atoms with E-state index in [1.165, 1.54) is 18.2 Å². The lowest BCUT2D eigenvalue weighted by Gasteiger charge is -2.06. The average molecular weight is 298 g/mol. The first-order valence-corrected chi connectivity index (χ1v) is 5.68. The van der Waals surface area contributed by atoms with E-state index in [9.17, 15) is 9.18 Å². The molecule has 1 N–H and O–H groups in total. The smallest absolute Gasteiger partial charge is 0.291 e. The molecule has 1 aromatic carbocycles. The number of hydrogen-bond donors (Lipinski definition) is 1. The Balaban J connectivity index is 2.18. The molecule has 0 aliphatic heterocycles. The fourth-order valence-electron chi connectivity index (χ4n) is 1.39. The van der Waals surface area contributed by atoms with Crippen LogP contribution in [0.2, 0.25) is 0 Å². The highest BCUT2D eigenvalue weighted by Gasteiger charge is 2.11. The van der Waals surface area contributed by atoms with Crippen molar-refractivity contribution in [2.75, 3.05) is 5.32 Å². The molecule has 0 aliphatic rings. The van der Waals surface area contributed by atoms with Crippen LogP contribution in [0.4, 0.5) is 10.1 Å². The van der Waals surface area contributed by atoms with Gasteiger partial charge in [0.05, 0.1) is 0 Å². The number of anilines is 1. The Labute approximate surface area is 106 Å². The number of hydrogen-bond acceptors (Lipinski definition) is 2. The van der Waals surface area contributed by atoms with Crippen LogP contribution in [0.25, 0.3) is 0 Å². The first kappa shape index (κ1) is 11.9. The molecular formula is C12H9BrFNO2. The Morgan fingerprint density at radius 2 is 2.12 bits per heavy atom. The Morgan fingerprint density at radius 3 is 2.71 bits per heavy atom. The third-order valence-electron chi connectivity index (χ3n) is 2.23. The van der Waals surface area contributed by atoms with Crippen LogP contribution in [-0.4, -0.2) is 5.91 Å². The lowest BCUT2D eigenvalue weighted by atomic mass is 10.2. The third-order valence-corrected chi connectivity index (χ3v) is 2.66. The van der Waals surface area contributed by atoms with Crippen molar-refractivity contribution in [3.05, 3.63) is 52.1 Å². The van der Waals surface area contributed by atoms with Crippen LogP contribution in [0.5, 0.6) is 0 Å². The summed E-state index contributed by atoms with van der Waals surface area (Å²) in [6.07, 6.45) is 0. The standard InChI is InChI=1S/C12H9BrFNO2/c1-7-6-8(14)2-3-9(7)15-12(16)10-4-5-11(13)17-10/h2-6H,1H3,(H,15,16). The quantitative estimate of drug-likeness (QED) is 0.917. The summed E-state index contributed by atoms with van der Waals surface area (Å²) in [4.78, 5) is 11.7. The van der Waals surface area contributed by atoms with Gasteiger partial charge in [-0.1, -0.05) is 0 Å². The summed E-state index contributed by atoms with van der Waals surface area (Å²) in [7, 11) is 0. The van der Waals surface area contributed by atoms with Gasteiger partial charge in [-0.3, -0.25) is 4.79 Å². The Bertz CT molecular complexity index is 565. The first-order chi connectivity index (χ1) is 8.06. The molecule has 0 unspecified atom stereocenters. The number of nitrogens with one attached hydrogen (secondary N) is 1. The van der Waals surface area contributed by atoms with Crippen molar-refractivity contribution in [2.24, 2.45) is 0 Å². The van der Waals surface area contributed by atoms with Crippen LogP contribution in [-0.2, 0) is 0 Å². The monoisotopic (exact) mass is 297 g/mol. The van der Waals surface area contributed by atoms with Gasteiger partial charge in [0.15, 0.2) is 10.4 Å². The minimum Gasteiger partial charge on any atom is -0.444 e. The predicted octanol–water partition coefficient (Wildman–Crippen LogP) is 3.74. The molecule has 1 heterocycles. The van der Waals surface area contributed by atoms with E-state index in [2.05, 4.69) is 21.2 Å². The van der Waals surface area contributed by atoms with E-state index in [0.29, 0.717) is 15.9 Å². The van der Waals surface area contributed by atoms with Crippen molar-refractivity contribution in [3.63, 3.8) is 0 Å². The van der Waals surface area contributed by atoms with Crippen molar-refractivity contribution >= 4 is 27.5 Å². The molecule has 17 heavy (non-hydrogen) atoms. The molecule has 2 aromatic rings. The number of furan rings is 1. The molecule has 0 atom stereocenters. The van der Waals surface area contributed by atoms with Crippen LogP contribution in [0, 0.1) is 12.7 Å². The van der Waals surface area contributed by atoms with Crippen molar-refractivity contribution in [3.8, 4) is 0 Å². The average Bonchev–Trinajstić information content (AvgIpc) is 2.69. The molecule has 0 radical (unpaired) electrons. The van der Waals surface area contributed by atoms with Gasteiger partial charge in [0.2, 0.25) is 0 Å². The second kappa shape index (κ2) is 4.71.